The normalized spacial score (nSPS) is 10.9. The fraction of sp³-hybridized carbons (Fsp3) is 0.500. The molecule has 1 aromatic carbocycles. The number of halogens is 2. The zero-order valence-corrected chi connectivity index (χ0v) is 10.2. The Bertz CT molecular complexity index is 290. The van der Waals surface area contributed by atoms with Gasteiger partial charge in [0.15, 0.2) is 0 Å². The van der Waals surface area contributed by atoms with Crippen LogP contribution >= 0.6 is 23.2 Å². The second-order valence-electron chi connectivity index (χ2n) is 3.80. The molecule has 14 heavy (non-hydrogen) atoms. The van der Waals surface area contributed by atoms with E-state index in [-0.39, 0.29) is 0 Å². The molecule has 1 rings (SSSR count). The molecule has 0 radical (unpaired) electrons. The minimum absolute atomic E-state index is 0.389. The molecule has 0 aliphatic heterocycles. The lowest BCUT2D eigenvalue weighted by Gasteiger charge is -2.11. The Morgan fingerprint density at radius 1 is 1.07 bits per heavy atom. The Balaban J connectivity index is 2.72. The third-order valence-electron chi connectivity index (χ3n) is 2.53. The van der Waals surface area contributed by atoms with Crippen molar-refractivity contribution in [2.45, 2.75) is 20.3 Å². The summed E-state index contributed by atoms with van der Waals surface area (Å²) in [6, 6.07) is 6.54. The van der Waals surface area contributed by atoms with Gasteiger partial charge in [0.1, 0.15) is 0 Å². The van der Waals surface area contributed by atoms with Crippen molar-refractivity contribution in [1.29, 1.82) is 0 Å². The van der Waals surface area contributed by atoms with Gasteiger partial charge >= 0.3 is 0 Å². The quantitative estimate of drug-likeness (QED) is 0.688. The van der Waals surface area contributed by atoms with E-state index in [0.29, 0.717) is 17.7 Å². The van der Waals surface area contributed by atoms with Crippen molar-refractivity contribution < 1.29 is 0 Å². The van der Waals surface area contributed by atoms with E-state index in [9.17, 15) is 0 Å². The molecule has 0 bridgehead atoms. The first-order valence-corrected chi connectivity index (χ1v) is 5.92. The van der Waals surface area contributed by atoms with E-state index in [4.69, 9.17) is 23.2 Å². The van der Waals surface area contributed by atoms with Gasteiger partial charge < -0.3 is 0 Å². The highest BCUT2D eigenvalue weighted by molar-refractivity contribution is 6.20. The molecule has 0 saturated heterocycles. The van der Waals surface area contributed by atoms with Crippen LogP contribution in [0.3, 0.4) is 0 Å². The average Bonchev–Trinajstić information content (AvgIpc) is 2.19. The number of rotatable bonds is 4. The molecule has 2 heteroatoms. The summed E-state index contributed by atoms with van der Waals surface area (Å²) < 4.78 is 0. The van der Waals surface area contributed by atoms with E-state index >= 15 is 0 Å². The average molecular weight is 231 g/mol. The molecule has 0 N–H and O–H groups in total. The highest BCUT2D eigenvalue weighted by Crippen LogP contribution is 2.15. The molecule has 0 amide bonds. The molecule has 0 spiro atoms. The Hall–Kier alpha value is -0.200. The SMILES string of the molecule is Cc1ccc(CC(CCl)CCl)cc1C. The molecule has 0 saturated carbocycles. The van der Waals surface area contributed by atoms with Crippen LogP contribution in [0, 0.1) is 19.8 Å². The lowest BCUT2D eigenvalue weighted by Crippen LogP contribution is -2.08. The van der Waals surface area contributed by atoms with Gasteiger partial charge in [-0.05, 0) is 42.9 Å². The number of benzene rings is 1. The first-order chi connectivity index (χ1) is 6.67. The number of aryl methyl sites for hydroxylation is 2. The molecule has 0 unspecified atom stereocenters. The largest absolute Gasteiger partial charge is 0.126 e. The molecule has 0 fully saturated rings. The van der Waals surface area contributed by atoms with Gasteiger partial charge in [0.05, 0.1) is 0 Å². The van der Waals surface area contributed by atoms with Crippen molar-refractivity contribution in [3.63, 3.8) is 0 Å². The maximum Gasteiger partial charge on any atom is 0.0266 e. The third kappa shape index (κ3) is 3.18. The zero-order chi connectivity index (χ0) is 10.6. The van der Waals surface area contributed by atoms with Gasteiger partial charge in [-0.3, -0.25) is 0 Å². The van der Waals surface area contributed by atoms with Crippen LogP contribution in [0.25, 0.3) is 0 Å². The second kappa shape index (κ2) is 5.63. The predicted molar refractivity (Wildman–Crippen MR) is 64.6 cm³/mol. The molecular weight excluding hydrogens is 215 g/mol. The fourth-order valence-electron chi connectivity index (χ4n) is 1.41. The lowest BCUT2D eigenvalue weighted by atomic mass is 9.99. The predicted octanol–water partition coefficient (Wildman–Crippen LogP) is 3.94. The van der Waals surface area contributed by atoms with Crippen LogP contribution < -0.4 is 0 Å². The van der Waals surface area contributed by atoms with E-state index in [1.807, 2.05) is 0 Å². The third-order valence-corrected chi connectivity index (χ3v) is 3.41. The number of hydrogen-bond donors (Lipinski definition) is 0. The Kier molecular flexibility index (Phi) is 4.77. The van der Waals surface area contributed by atoms with Gasteiger partial charge in [-0.1, -0.05) is 18.2 Å². The maximum atomic E-state index is 5.80. The molecule has 0 aromatic heterocycles. The zero-order valence-electron chi connectivity index (χ0n) is 8.69. The van der Waals surface area contributed by atoms with E-state index in [2.05, 4.69) is 32.0 Å². The standard InChI is InChI=1S/C12H16Cl2/c1-9-3-4-11(5-10(9)2)6-12(7-13)8-14/h3-5,12H,6-8H2,1-2H3. The summed E-state index contributed by atoms with van der Waals surface area (Å²) in [5.41, 5.74) is 4.01. The molecule has 0 nitrogen and oxygen atoms in total. The van der Waals surface area contributed by atoms with Crippen LogP contribution in [-0.2, 0) is 6.42 Å². The smallest absolute Gasteiger partial charge is 0.0266 e. The van der Waals surface area contributed by atoms with Gasteiger partial charge in [-0.2, -0.15) is 0 Å². The summed E-state index contributed by atoms with van der Waals surface area (Å²) >= 11 is 11.6. The molecule has 0 heterocycles. The Labute approximate surface area is 96.2 Å². The summed E-state index contributed by atoms with van der Waals surface area (Å²) in [6.07, 6.45) is 0.980. The van der Waals surface area contributed by atoms with Gasteiger partial charge in [0, 0.05) is 11.8 Å². The summed E-state index contributed by atoms with van der Waals surface area (Å²) in [7, 11) is 0. The topological polar surface area (TPSA) is 0 Å². The maximum absolute atomic E-state index is 5.80. The minimum atomic E-state index is 0.389. The summed E-state index contributed by atoms with van der Waals surface area (Å²) in [5.74, 6) is 1.66. The molecular formula is C12H16Cl2. The van der Waals surface area contributed by atoms with Gasteiger partial charge in [0.25, 0.3) is 0 Å². The summed E-state index contributed by atoms with van der Waals surface area (Å²) in [4.78, 5) is 0. The molecule has 0 aliphatic carbocycles. The molecule has 78 valence electrons. The van der Waals surface area contributed by atoms with Crippen LogP contribution in [-0.4, -0.2) is 11.8 Å². The van der Waals surface area contributed by atoms with Crippen molar-refractivity contribution in [3.8, 4) is 0 Å². The van der Waals surface area contributed by atoms with Crippen molar-refractivity contribution in [3.05, 3.63) is 34.9 Å². The monoisotopic (exact) mass is 230 g/mol. The van der Waals surface area contributed by atoms with Crippen LogP contribution in [0.4, 0.5) is 0 Å². The fourth-order valence-corrected chi connectivity index (χ4v) is 1.96. The minimum Gasteiger partial charge on any atom is -0.126 e. The summed E-state index contributed by atoms with van der Waals surface area (Å²) in [6.45, 7) is 4.26. The van der Waals surface area contributed by atoms with Crippen molar-refractivity contribution >= 4 is 23.2 Å². The van der Waals surface area contributed by atoms with Crippen LogP contribution in [0.1, 0.15) is 16.7 Å². The van der Waals surface area contributed by atoms with Crippen molar-refractivity contribution in [2.75, 3.05) is 11.8 Å². The highest BCUT2D eigenvalue weighted by atomic mass is 35.5. The van der Waals surface area contributed by atoms with Crippen LogP contribution in [0.5, 0.6) is 0 Å². The van der Waals surface area contributed by atoms with Gasteiger partial charge in [-0.15, -0.1) is 23.2 Å². The summed E-state index contributed by atoms with van der Waals surface area (Å²) in [5, 5.41) is 0. The van der Waals surface area contributed by atoms with E-state index in [1.165, 1.54) is 16.7 Å². The van der Waals surface area contributed by atoms with Crippen molar-refractivity contribution in [2.24, 2.45) is 5.92 Å². The lowest BCUT2D eigenvalue weighted by molar-refractivity contribution is 0.661. The van der Waals surface area contributed by atoms with E-state index in [1.54, 1.807) is 0 Å². The molecule has 0 atom stereocenters. The second-order valence-corrected chi connectivity index (χ2v) is 4.41. The number of hydrogen-bond acceptors (Lipinski definition) is 0. The van der Waals surface area contributed by atoms with E-state index in [0.717, 1.165) is 6.42 Å². The Morgan fingerprint density at radius 3 is 2.21 bits per heavy atom. The van der Waals surface area contributed by atoms with Gasteiger partial charge in [-0.25, -0.2) is 0 Å². The first-order valence-electron chi connectivity index (χ1n) is 4.85. The first kappa shape index (κ1) is 11.9. The van der Waals surface area contributed by atoms with Crippen molar-refractivity contribution in [1.82, 2.24) is 0 Å². The van der Waals surface area contributed by atoms with Crippen LogP contribution in [0.2, 0.25) is 0 Å². The van der Waals surface area contributed by atoms with E-state index < -0.39 is 0 Å². The molecule has 0 aliphatic rings. The van der Waals surface area contributed by atoms with Gasteiger partial charge in [0.2, 0.25) is 0 Å². The number of alkyl halides is 2. The Morgan fingerprint density at radius 2 is 1.71 bits per heavy atom. The van der Waals surface area contributed by atoms with Crippen LogP contribution in [0.15, 0.2) is 18.2 Å². The molecule has 1 aromatic rings. The highest BCUT2D eigenvalue weighted by Gasteiger charge is 2.07.